The Bertz CT molecular complexity index is 1550. The second-order valence-corrected chi connectivity index (χ2v) is 11.1. The number of sulfonamides is 1. The summed E-state index contributed by atoms with van der Waals surface area (Å²) in [7, 11) is -3.82. The van der Waals surface area contributed by atoms with Crippen LogP contribution in [-0.4, -0.2) is 18.9 Å². The van der Waals surface area contributed by atoms with Gasteiger partial charge in [0.25, 0.3) is 15.9 Å². The minimum absolute atomic E-state index is 0.0785. The fraction of sp³-hybridized carbons (Fsp3) is 0.200. The summed E-state index contributed by atoms with van der Waals surface area (Å²) in [6.07, 6.45) is 0.905. The molecule has 9 heteroatoms. The monoisotopic (exact) mass is 513 g/mol. The van der Waals surface area contributed by atoms with Crippen LogP contribution in [0.2, 0.25) is 5.02 Å². The lowest BCUT2D eigenvalue weighted by atomic mass is 10.1. The maximum atomic E-state index is 13.0. The largest absolute Gasteiger partial charge is 0.316 e. The average Bonchev–Trinajstić information content (AvgIpc) is 3.10. The first-order valence-corrected chi connectivity index (χ1v) is 13.4. The van der Waals surface area contributed by atoms with Gasteiger partial charge in [0.1, 0.15) is 0 Å². The Kier molecular flexibility index (Phi) is 6.93. The number of aryl methyl sites for hydroxylation is 3. The summed E-state index contributed by atoms with van der Waals surface area (Å²) in [4.78, 5) is 18.1. The summed E-state index contributed by atoms with van der Waals surface area (Å²) in [6, 6.07) is 16.4. The molecule has 0 unspecified atom stereocenters. The third-order valence-electron chi connectivity index (χ3n) is 5.43. The Labute approximate surface area is 207 Å². The molecular formula is C25H24ClN3O3S2. The summed E-state index contributed by atoms with van der Waals surface area (Å²) in [5.74, 6) is -0.433. The standard InChI is InChI=1S/C25H24ClN3O3S2/c1-4-12-29-22-13-16(2)17(3)14-23(22)33-25(29)27-24(30)18-6-5-7-20(15-18)28-34(31,32)21-10-8-19(26)9-11-21/h5-11,13-15,28H,4,12H2,1-3H3. The molecule has 0 aliphatic rings. The number of nitrogens with one attached hydrogen (secondary N) is 1. The van der Waals surface area contributed by atoms with Crippen molar-refractivity contribution in [2.24, 2.45) is 4.99 Å². The van der Waals surface area contributed by atoms with Gasteiger partial charge in [-0.1, -0.05) is 35.9 Å². The van der Waals surface area contributed by atoms with Gasteiger partial charge in [0.2, 0.25) is 0 Å². The normalized spacial score (nSPS) is 12.3. The molecule has 34 heavy (non-hydrogen) atoms. The SMILES string of the molecule is CCCn1c(=NC(=O)c2cccc(NS(=O)(=O)c3ccc(Cl)cc3)c2)sc2cc(C)c(C)cc21. The molecule has 0 bridgehead atoms. The van der Waals surface area contributed by atoms with Crippen LogP contribution in [0.25, 0.3) is 10.2 Å². The summed E-state index contributed by atoms with van der Waals surface area (Å²) in [5.41, 5.74) is 4.01. The van der Waals surface area contributed by atoms with Gasteiger partial charge in [-0.3, -0.25) is 9.52 Å². The maximum Gasteiger partial charge on any atom is 0.279 e. The number of fused-ring (bicyclic) bond motifs is 1. The highest BCUT2D eigenvalue weighted by Gasteiger charge is 2.16. The van der Waals surface area contributed by atoms with Crippen molar-refractivity contribution in [1.82, 2.24) is 4.57 Å². The molecule has 1 N–H and O–H groups in total. The van der Waals surface area contributed by atoms with E-state index in [4.69, 9.17) is 11.6 Å². The van der Waals surface area contributed by atoms with E-state index in [0.29, 0.717) is 15.4 Å². The molecule has 6 nitrogen and oxygen atoms in total. The van der Waals surface area contributed by atoms with Crippen LogP contribution < -0.4 is 9.52 Å². The predicted molar refractivity (Wildman–Crippen MR) is 138 cm³/mol. The number of carbonyl (C=O) groups is 1. The lowest BCUT2D eigenvalue weighted by Crippen LogP contribution is -2.17. The lowest BCUT2D eigenvalue weighted by Gasteiger charge is -2.09. The molecule has 4 rings (SSSR count). The Balaban J connectivity index is 1.68. The number of hydrogen-bond acceptors (Lipinski definition) is 4. The molecule has 0 fully saturated rings. The zero-order chi connectivity index (χ0) is 24.5. The van der Waals surface area contributed by atoms with E-state index in [2.05, 4.69) is 47.2 Å². The van der Waals surface area contributed by atoms with E-state index in [-0.39, 0.29) is 10.6 Å². The first-order valence-electron chi connectivity index (χ1n) is 10.8. The molecule has 1 amide bonds. The number of hydrogen-bond donors (Lipinski definition) is 1. The van der Waals surface area contributed by atoms with Crippen LogP contribution in [0.5, 0.6) is 0 Å². The Hall–Kier alpha value is -2.94. The lowest BCUT2D eigenvalue weighted by molar-refractivity contribution is 0.0998. The third kappa shape index (κ3) is 5.09. The van der Waals surface area contributed by atoms with Crippen molar-refractivity contribution in [2.75, 3.05) is 4.72 Å². The van der Waals surface area contributed by atoms with Gasteiger partial charge in [-0.05, 0) is 86.0 Å². The van der Waals surface area contributed by atoms with Gasteiger partial charge in [-0.15, -0.1) is 0 Å². The summed E-state index contributed by atoms with van der Waals surface area (Å²) in [5, 5.41) is 0.444. The Morgan fingerprint density at radius 1 is 1.06 bits per heavy atom. The molecule has 0 aliphatic heterocycles. The molecular weight excluding hydrogens is 490 g/mol. The van der Waals surface area contributed by atoms with Crippen molar-refractivity contribution in [2.45, 2.75) is 38.6 Å². The zero-order valence-electron chi connectivity index (χ0n) is 19.0. The molecule has 3 aromatic carbocycles. The van der Waals surface area contributed by atoms with E-state index in [1.54, 1.807) is 18.2 Å². The van der Waals surface area contributed by atoms with E-state index >= 15 is 0 Å². The molecule has 0 saturated carbocycles. The molecule has 0 saturated heterocycles. The van der Waals surface area contributed by atoms with Gasteiger partial charge < -0.3 is 4.57 Å². The fourth-order valence-corrected chi connectivity index (χ4v) is 5.85. The second kappa shape index (κ2) is 9.74. The van der Waals surface area contributed by atoms with Gasteiger partial charge in [-0.25, -0.2) is 8.42 Å². The highest BCUT2D eigenvalue weighted by Crippen LogP contribution is 2.23. The first-order chi connectivity index (χ1) is 16.2. The Morgan fingerprint density at radius 3 is 2.47 bits per heavy atom. The number of aromatic nitrogens is 1. The quantitative estimate of drug-likeness (QED) is 0.347. The molecule has 1 aromatic heterocycles. The van der Waals surface area contributed by atoms with Crippen molar-refractivity contribution in [3.8, 4) is 0 Å². The van der Waals surface area contributed by atoms with E-state index in [0.717, 1.165) is 23.2 Å². The van der Waals surface area contributed by atoms with Gasteiger partial charge in [-0.2, -0.15) is 4.99 Å². The van der Waals surface area contributed by atoms with Crippen molar-refractivity contribution < 1.29 is 13.2 Å². The summed E-state index contributed by atoms with van der Waals surface area (Å²) in [6.45, 7) is 6.97. The molecule has 0 radical (unpaired) electrons. The van der Waals surface area contributed by atoms with Gasteiger partial charge >= 0.3 is 0 Å². The molecule has 0 spiro atoms. The molecule has 0 atom stereocenters. The van der Waals surface area contributed by atoms with Gasteiger partial charge in [0.15, 0.2) is 4.80 Å². The van der Waals surface area contributed by atoms with Crippen LogP contribution in [0.4, 0.5) is 5.69 Å². The van der Waals surface area contributed by atoms with E-state index in [1.807, 2.05) is 0 Å². The number of benzene rings is 3. The van der Waals surface area contributed by atoms with E-state index in [1.165, 1.54) is 52.8 Å². The Morgan fingerprint density at radius 2 is 1.76 bits per heavy atom. The second-order valence-electron chi connectivity index (χ2n) is 8.00. The number of halogens is 1. The first kappa shape index (κ1) is 24.2. The van der Waals surface area contributed by atoms with Gasteiger partial charge in [0, 0.05) is 22.8 Å². The number of anilines is 1. The minimum Gasteiger partial charge on any atom is -0.316 e. The molecule has 4 aromatic rings. The van der Waals surface area contributed by atoms with E-state index in [9.17, 15) is 13.2 Å². The molecule has 1 heterocycles. The average molecular weight is 514 g/mol. The van der Waals surface area contributed by atoms with Crippen LogP contribution in [0.15, 0.2) is 70.6 Å². The number of nitrogens with zero attached hydrogens (tertiary/aromatic N) is 2. The van der Waals surface area contributed by atoms with Crippen LogP contribution >= 0.6 is 22.9 Å². The minimum atomic E-state index is -3.82. The van der Waals surface area contributed by atoms with Crippen LogP contribution in [0.3, 0.4) is 0 Å². The summed E-state index contributed by atoms with van der Waals surface area (Å²) < 4.78 is 31.0. The topological polar surface area (TPSA) is 80.5 Å². The fourth-order valence-electron chi connectivity index (χ4n) is 3.54. The van der Waals surface area contributed by atoms with Crippen LogP contribution in [0, 0.1) is 13.8 Å². The van der Waals surface area contributed by atoms with Crippen molar-refractivity contribution in [1.29, 1.82) is 0 Å². The highest BCUT2D eigenvalue weighted by molar-refractivity contribution is 7.92. The number of amides is 1. The van der Waals surface area contributed by atoms with E-state index < -0.39 is 15.9 Å². The van der Waals surface area contributed by atoms with Crippen molar-refractivity contribution in [3.05, 3.63) is 87.2 Å². The van der Waals surface area contributed by atoms with Crippen molar-refractivity contribution in [3.63, 3.8) is 0 Å². The molecule has 176 valence electrons. The van der Waals surface area contributed by atoms with Crippen LogP contribution in [0.1, 0.15) is 34.8 Å². The maximum absolute atomic E-state index is 13.0. The smallest absolute Gasteiger partial charge is 0.279 e. The highest BCUT2D eigenvalue weighted by atomic mass is 35.5. The molecule has 0 aliphatic carbocycles. The van der Waals surface area contributed by atoms with Gasteiger partial charge in [0.05, 0.1) is 15.1 Å². The van der Waals surface area contributed by atoms with Crippen LogP contribution in [-0.2, 0) is 16.6 Å². The number of rotatable bonds is 6. The third-order valence-corrected chi connectivity index (χ3v) is 8.12. The number of carbonyl (C=O) groups excluding carboxylic acids is 1. The number of thiazole rings is 1. The van der Waals surface area contributed by atoms with Crippen molar-refractivity contribution >= 4 is 54.8 Å². The zero-order valence-corrected chi connectivity index (χ0v) is 21.4. The summed E-state index contributed by atoms with van der Waals surface area (Å²) >= 11 is 7.33. The predicted octanol–water partition coefficient (Wildman–Crippen LogP) is 5.92.